The second-order valence-electron chi connectivity index (χ2n) is 8.45. The molecule has 2 aliphatic rings. The van der Waals surface area contributed by atoms with E-state index < -0.39 is 0 Å². The molecule has 0 bridgehead atoms. The molecule has 1 aromatic heterocycles. The Labute approximate surface area is 166 Å². The van der Waals surface area contributed by atoms with Crippen molar-refractivity contribution in [3.63, 3.8) is 0 Å². The first-order chi connectivity index (χ1) is 13.1. The summed E-state index contributed by atoms with van der Waals surface area (Å²) >= 11 is 1.64. The third-order valence-corrected chi connectivity index (χ3v) is 6.78. The fraction of sp³-hybridized carbons (Fsp3) is 0.545. The van der Waals surface area contributed by atoms with E-state index in [4.69, 9.17) is 0 Å². The van der Waals surface area contributed by atoms with E-state index in [1.807, 2.05) is 5.51 Å². The maximum atomic E-state index is 13.4. The van der Waals surface area contributed by atoms with E-state index in [9.17, 15) is 4.79 Å². The van der Waals surface area contributed by atoms with E-state index in [2.05, 4.69) is 58.3 Å². The van der Waals surface area contributed by atoms with Crippen LogP contribution in [0.25, 0.3) is 0 Å². The SMILES string of the molecule is CC(C)c1ccc(CN2CCCC3(CCN(Cc4cscn4)C3)C2=O)cc1. The molecule has 2 saturated heterocycles. The summed E-state index contributed by atoms with van der Waals surface area (Å²) in [6.07, 6.45) is 3.13. The molecule has 2 aliphatic heterocycles. The molecule has 1 amide bonds. The third kappa shape index (κ3) is 3.94. The van der Waals surface area contributed by atoms with Gasteiger partial charge in [0.05, 0.1) is 16.6 Å². The van der Waals surface area contributed by atoms with Crippen LogP contribution in [0.1, 0.15) is 55.8 Å². The lowest BCUT2D eigenvalue weighted by Gasteiger charge is -2.39. The molecule has 0 N–H and O–H groups in total. The molecule has 3 heterocycles. The Kier molecular flexibility index (Phi) is 5.33. The van der Waals surface area contributed by atoms with Crippen molar-refractivity contribution >= 4 is 17.2 Å². The number of likely N-dealkylation sites (tertiary alicyclic amines) is 2. The summed E-state index contributed by atoms with van der Waals surface area (Å²) in [7, 11) is 0. The van der Waals surface area contributed by atoms with E-state index in [1.165, 1.54) is 11.1 Å². The number of carbonyl (C=O) groups excluding carboxylic acids is 1. The van der Waals surface area contributed by atoms with E-state index in [1.54, 1.807) is 11.3 Å². The highest BCUT2D eigenvalue weighted by Gasteiger charge is 2.48. The van der Waals surface area contributed by atoms with Crippen molar-refractivity contribution < 1.29 is 4.79 Å². The van der Waals surface area contributed by atoms with Crippen molar-refractivity contribution in [3.05, 3.63) is 52.0 Å². The van der Waals surface area contributed by atoms with Gasteiger partial charge in [0.15, 0.2) is 0 Å². The number of thiazole rings is 1. The van der Waals surface area contributed by atoms with Gasteiger partial charge in [-0.2, -0.15) is 0 Å². The summed E-state index contributed by atoms with van der Waals surface area (Å²) < 4.78 is 0. The molecule has 144 valence electrons. The molecule has 1 atom stereocenters. The number of nitrogens with zero attached hydrogens (tertiary/aromatic N) is 3. The summed E-state index contributed by atoms with van der Waals surface area (Å²) in [6.45, 7) is 8.81. The zero-order chi connectivity index (χ0) is 18.9. The average Bonchev–Trinajstić information content (AvgIpc) is 3.31. The van der Waals surface area contributed by atoms with Gasteiger partial charge < -0.3 is 4.90 Å². The number of carbonyl (C=O) groups is 1. The maximum absolute atomic E-state index is 13.4. The predicted octanol–water partition coefficient (Wildman–Crippen LogP) is 4.28. The molecule has 27 heavy (non-hydrogen) atoms. The predicted molar refractivity (Wildman–Crippen MR) is 110 cm³/mol. The van der Waals surface area contributed by atoms with Crippen LogP contribution in [0.4, 0.5) is 0 Å². The fourth-order valence-corrected chi connectivity index (χ4v) is 5.10. The highest BCUT2D eigenvalue weighted by molar-refractivity contribution is 7.07. The van der Waals surface area contributed by atoms with Crippen LogP contribution >= 0.6 is 11.3 Å². The summed E-state index contributed by atoms with van der Waals surface area (Å²) in [4.78, 5) is 22.3. The van der Waals surface area contributed by atoms with Gasteiger partial charge in [-0.25, -0.2) is 4.98 Å². The number of piperidine rings is 1. The zero-order valence-electron chi connectivity index (χ0n) is 16.4. The first-order valence-electron chi connectivity index (χ1n) is 10.0. The van der Waals surface area contributed by atoms with Crippen LogP contribution in [0, 0.1) is 5.41 Å². The van der Waals surface area contributed by atoms with Crippen molar-refractivity contribution in [2.75, 3.05) is 19.6 Å². The molecule has 1 aromatic carbocycles. The molecule has 0 radical (unpaired) electrons. The van der Waals surface area contributed by atoms with E-state index in [-0.39, 0.29) is 5.41 Å². The molecule has 4 nitrogen and oxygen atoms in total. The standard InChI is InChI=1S/C22H29N3OS/c1-17(2)19-6-4-18(5-7-19)12-25-10-3-8-22(21(25)26)9-11-24(15-22)13-20-14-27-16-23-20/h4-7,14,16-17H,3,8-13,15H2,1-2H3. The number of rotatable bonds is 5. The van der Waals surface area contributed by atoms with Gasteiger partial charge in [-0.3, -0.25) is 9.69 Å². The molecule has 2 fully saturated rings. The van der Waals surface area contributed by atoms with Crippen LogP contribution < -0.4 is 0 Å². The van der Waals surface area contributed by atoms with Gasteiger partial charge in [0.1, 0.15) is 0 Å². The Bertz CT molecular complexity index is 771. The van der Waals surface area contributed by atoms with E-state index >= 15 is 0 Å². The molecule has 2 aromatic rings. The minimum Gasteiger partial charge on any atom is -0.338 e. The molecule has 1 unspecified atom stereocenters. The molecule has 0 aliphatic carbocycles. The maximum Gasteiger partial charge on any atom is 0.230 e. The zero-order valence-corrected chi connectivity index (χ0v) is 17.2. The van der Waals surface area contributed by atoms with Crippen LogP contribution in [0.2, 0.25) is 0 Å². The van der Waals surface area contributed by atoms with Crippen LogP contribution in [-0.4, -0.2) is 40.3 Å². The van der Waals surface area contributed by atoms with Gasteiger partial charge >= 0.3 is 0 Å². The van der Waals surface area contributed by atoms with Crippen molar-refractivity contribution in [1.29, 1.82) is 0 Å². The van der Waals surface area contributed by atoms with Gasteiger partial charge in [-0.15, -0.1) is 11.3 Å². The minimum atomic E-state index is -0.174. The lowest BCUT2D eigenvalue weighted by atomic mass is 9.78. The van der Waals surface area contributed by atoms with Crippen molar-refractivity contribution in [1.82, 2.24) is 14.8 Å². The molecule has 0 saturated carbocycles. The van der Waals surface area contributed by atoms with Crippen LogP contribution in [0.15, 0.2) is 35.2 Å². The van der Waals surface area contributed by atoms with Crippen molar-refractivity contribution in [2.24, 2.45) is 5.41 Å². The highest BCUT2D eigenvalue weighted by atomic mass is 32.1. The normalized spacial score (nSPS) is 23.7. The molecule has 4 rings (SSSR count). The summed E-state index contributed by atoms with van der Waals surface area (Å²) in [5.74, 6) is 0.906. The van der Waals surface area contributed by atoms with Gasteiger partial charge in [0, 0.05) is 31.6 Å². The van der Waals surface area contributed by atoms with Gasteiger partial charge in [-0.1, -0.05) is 38.1 Å². The Morgan fingerprint density at radius 3 is 2.67 bits per heavy atom. The van der Waals surface area contributed by atoms with Gasteiger partial charge in [0.25, 0.3) is 0 Å². The Morgan fingerprint density at radius 2 is 1.96 bits per heavy atom. The molecular weight excluding hydrogens is 354 g/mol. The van der Waals surface area contributed by atoms with Crippen LogP contribution in [0.3, 0.4) is 0 Å². The number of amides is 1. The van der Waals surface area contributed by atoms with E-state index in [0.717, 1.165) is 57.7 Å². The van der Waals surface area contributed by atoms with Gasteiger partial charge in [0.2, 0.25) is 5.91 Å². The molecular formula is C22H29N3OS. The van der Waals surface area contributed by atoms with Crippen molar-refractivity contribution in [2.45, 2.75) is 52.1 Å². The molecule has 1 spiro atoms. The Morgan fingerprint density at radius 1 is 1.15 bits per heavy atom. The smallest absolute Gasteiger partial charge is 0.230 e. The number of hydrogen-bond donors (Lipinski definition) is 0. The van der Waals surface area contributed by atoms with Gasteiger partial charge in [-0.05, 0) is 42.9 Å². The highest BCUT2D eigenvalue weighted by Crippen LogP contribution is 2.41. The largest absolute Gasteiger partial charge is 0.338 e. The van der Waals surface area contributed by atoms with Crippen molar-refractivity contribution in [3.8, 4) is 0 Å². The quantitative estimate of drug-likeness (QED) is 0.773. The summed E-state index contributed by atoms with van der Waals surface area (Å²) in [5, 5.41) is 2.11. The molecule has 5 heteroatoms. The Balaban J connectivity index is 1.41. The second kappa shape index (κ2) is 7.72. The Hall–Kier alpha value is -1.72. The first-order valence-corrected chi connectivity index (χ1v) is 11.0. The second-order valence-corrected chi connectivity index (χ2v) is 9.17. The number of hydrogen-bond acceptors (Lipinski definition) is 4. The summed E-state index contributed by atoms with van der Waals surface area (Å²) in [5.41, 5.74) is 5.43. The first kappa shape index (κ1) is 18.6. The van der Waals surface area contributed by atoms with Crippen LogP contribution in [0.5, 0.6) is 0 Å². The lowest BCUT2D eigenvalue weighted by molar-refractivity contribution is -0.146. The average molecular weight is 384 g/mol. The third-order valence-electron chi connectivity index (χ3n) is 6.15. The number of aromatic nitrogens is 1. The monoisotopic (exact) mass is 383 g/mol. The van der Waals surface area contributed by atoms with Crippen LogP contribution in [-0.2, 0) is 17.9 Å². The number of benzene rings is 1. The van der Waals surface area contributed by atoms with E-state index in [0.29, 0.717) is 11.8 Å². The fourth-order valence-electron chi connectivity index (χ4n) is 4.55. The summed E-state index contributed by atoms with van der Waals surface area (Å²) in [6, 6.07) is 8.78. The minimum absolute atomic E-state index is 0.174. The topological polar surface area (TPSA) is 36.4 Å². The lowest BCUT2D eigenvalue weighted by Crippen LogP contribution is -2.49.